The summed E-state index contributed by atoms with van der Waals surface area (Å²) in [6, 6.07) is -0.00841. The lowest BCUT2D eigenvalue weighted by molar-refractivity contribution is 0.550. The van der Waals surface area contributed by atoms with E-state index in [2.05, 4.69) is 37.7 Å². The zero-order valence-electron chi connectivity index (χ0n) is 9.98. The zero-order chi connectivity index (χ0) is 12.6. The van der Waals surface area contributed by atoms with Gasteiger partial charge < -0.3 is 5.73 Å². The SMILES string of the molecule is Cc1nccnc1C(C)n1nc(C)c(I)c1N. The Balaban J connectivity index is 2.48. The number of halogens is 1. The van der Waals surface area contributed by atoms with Crippen LogP contribution >= 0.6 is 22.6 Å². The van der Waals surface area contributed by atoms with Crippen molar-refractivity contribution in [3.05, 3.63) is 33.0 Å². The average Bonchev–Trinajstić information content (AvgIpc) is 2.57. The first-order valence-corrected chi connectivity index (χ1v) is 6.37. The van der Waals surface area contributed by atoms with E-state index in [1.54, 1.807) is 17.1 Å². The number of nitrogen functional groups attached to an aromatic ring is 1. The Hall–Kier alpha value is -1.18. The average molecular weight is 343 g/mol. The van der Waals surface area contributed by atoms with Gasteiger partial charge in [-0.15, -0.1) is 0 Å². The highest BCUT2D eigenvalue weighted by Gasteiger charge is 2.18. The molecular formula is C11H14IN5. The van der Waals surface area contributed by atoms with Crippen LogP contribution in [0.4, 0.5) is 5.82 Å². The summed E-state index contributed by atoms with van der Waals surface area (Å²) in [5.41, 5.74) is 8.78. The summed E-state index contributed by atoms with van der Waals surface area (Å²) in [6.45, 7) is 5.91. The Kier molecular flexibility index (Phi) is 3.32. The van der Waals surface area contributed by atoms with Crippen LogP contribution in [-0.4, -0.2) is 19.7 Å². The van der Waals surface area contributed by atoms with Crippen LogP contribution in [0.2, 0.25) is 0 Å². The van der Waals surface area contributed by atoms with Crippen LogP contribution in [0.1, 0.15) is 30.0 Å². The summed E-state index contributed by atoms with van der Waals surface area (Å²) in [5, 5.41) is 4.44. The lowest BCUT2D eigenvalue weighted by Gasteiger charge is -2.14. The predicted octanol–water partition coefficient (Wildman–Crippen LogP) is 2.09. The Bertz CT molecular complexity index is 549. The number of hydrogen-bond donors (Lipinski definition) is 1. The molecule has 6 heteroatoms. The Morgan fingerprint density at radius 2 is 1.88 bits per heavy atom. The lowest BCUT2D eigenvalue weighted by atomic mass is 10.2. The van der Waals surface area contributed by atoms with E-state index in [9.17, 15) is 0 Å². The van der Waals surface area contributed by atoms with Crippen LogP contribution in [0.5, 0.6) is 0 Å². The summed E-state index contributed by atoms with van der Waals surface area (Å²) in [4.78, 5) is 8.59. The smallest absolute Gasteiger partial charge is 0.136 e. The van der Waals surface area contributed by atoms with Gasteiger partial charge in [0.15, 0.2) is 0 Å². The first-order chi connectivity index (χ1) is 8.02. The number of nitrogens with zero attached hydrogens (tertiary/aromatic N) is 4. The van der Waals surface area contributed by atoms with Crippen LogP contribution in [-0.2, 0) is 0 Å². The van der Waals surface area contributed by atoms with E-state index >= 15 is 0 Å². The third kappa shape index (κ3) is 2.13. The van der Waals surface area contributed by atoms with Crippen molar-refractivity contribution in [1.82, 2.24) is 19.7 Å². The summed E-state index contributed by atoms with van der Waals surface area (Å²) in [5.74, 6) is 0.681. The molecule has 0 aliphatic heterocycles. The minimum Gasteiger partial charge on any atom is -0.383 e. The molecular weight excluding hydrogens is 329 g/mol. The third-order valence-electron chi connectivity index (χ3n) is 2.73. The van der Waals surface area contributed by atoms with Crippen LogP contribution < -0.4 is 5.73 Å². The Morgan fingerprint density at radius 3 is 2.41 bits per heavy atom. The van der Waals surface area contributed by atoms with E-state index in [4.69, 9.17) is 5.73 Å². The number of aryl methyl sites for hydroxylation is 2. The fraction of sp³-hybridized carbons (Fsp3) is 0.364. The van der Waals surface area contributed by atoms with Crippen molar-refractivity contribution in [2.24, 2.45) is 0 Å². The van der Waals surface area contributed by atoms with Gasteiger partial charge in [-0.2, -0.15) is 5.10 Å². The Labute approximate surface area is 114 Å². The van der Waals surface area contributed by atoms with Gasteiger partial charge in [-0.25, -0.2) is 4.68 Å². The molecule has 0 bridgehead atoms. The molecule has 0 aliphatic carbocycles. The van der Waals surface area contributed by atoms with E-state index in [0.29, 0.717) is 5.82 Å². The van der Waals surface area contributed by atoms with Crippen molar-refractivity contribution in [2.75, 3.05) is 5.73 Å². The van der Waals surface area contributed by atoms with E-state index in [1.807, 2.05) is 20.8 Å². The molecule has 2 rings (SSSR count). The normalized spacial score (nSPS) is 12.7. The molecule has 2 N–H and O–H groups in total. The summed E-state index contributed by atoms with van der Waals surface area (Å²) in [6.07, 6.45) is 3.38. The van der Waals surface area contributed by atoms with Gasteiger partial charge in [-0.3, -0.25) is 9.97 Å². The first kappa shape index (κ1) is 12.3. The molecule has 2 heterocycles. The summed E-state index contributed by atoms with van der Waals surface area (Å²) < 4.78 is 2.80. The molecule has 0 fully saturated rings. The number of aromatic nitrogens is 4. The topological polar surface area (TPSA) is 69.6 Å². The van der Waals surface area contributed by atoms with Gasteiger partial charge >= 0.3 is 0 Å². The molecule has 0 aromatic carbocycles. The van der Waals surface area contributed by atoms with Gasteiger partial charge in [0.05, 0.1) is 26.7 Å². The second-order valence-electron chi connectivity index (χ2n) is 3.93. The fourth-order valence-corrected chi connectivity index (χ4v) is 2.14. The molecule has 1 atom stereocenters. The second kappa shape index (κ2) is 4.59. The predicted molar refractivity (Wildman–Crippen MR) is 74.7 cm³/mol. The fourth-order valence-electron chi connectivity index (χ4n) is 1.78. The molecule has 90 valence electrons. The zero-order valence-corrected chi connectivity index (χ0v) is 12.1. The van der Waals surface area contributed by atoms with E-state index in [-0.39, 0.29) is 6.04 Å². The van der Waals surface area contributed by atoms with E-state index in [1.165, 1.54) is 0 Å². The van der Waals surface area contributed by atoms with Gasteiger partial charge in [0.1, 0.15) is 5.82 Å². The molecule has 0 saturated carbocycles. The minimum absolute atomic E-state index is 0.00841. The third-order valence-corrected chi connectivity index (χ3v) is 4.06. The quantitative estimate of drug-likeness (QED) is 0.848. The van der Waals surface area contributed by atoms with E-state index < -0.39 is 0 Å². The molecule has 2 aromatic rings. The molecule has 2 aromatic heterocycles. The molecule has 0 amide bonds. The second-order valence-corrected chi connectivity index (χ2v) is 5.01. The number of rotatable bonds is 2. The van der Waals surface area contributed by atoms with Crippen molar-refractivity contribution in [3.8, 4) is 0 Å². The summed E-state index contributed by atoms with van der Waals surface area (Å²) >= 11 is 2.21. The standard InChI is InChI=1S/C11H14IN5/c1-6-9(12)11(13)17(16-6)8(3)10-7(2)14-4-5-15-10/h4-5,8H,13H2,1-3H3. The van der Waals surface area contributed by atoms with Crippen LogP contribution in [0.15, 0.2) is 12.4 Å². The van der Waals surface area contributed by atoms with Gasteiger partial charge in [0.2, 0.25) is 0 Å². The molecule has 1 unspecified atom stereocenters. The Morgan fingerprint density at radius 1 is 1.24 bits per heavy atom. The molecule has 17 heavy (non-hydrogen) atoms. The van der Waals surface area contributed by atoms with E-state index in [0.717, 1.165) is 20.7 Å². The van der Waals surface area contributed by atoms with Crippen molar-refractivity contribution in [2.45, 2.75) is 26.8 Å². The van der Waals surface area contributed by atoms with Crippen molar-refractivity contribution >= 4 is 28.4 Å². The first-order valence-electron chi connectivity index (χ1n) is 5.30. The number of hydrogen-bond acceptors (Lipinski definition) is 4. The molecule has 0 spiro atoms. The summed E-state index contributed by atoms with van der Waals surface area (Å²) in [7, 11) is 0. The van der Waals surface area contributed by atoms with Crippen molar-refractivity contribution in [3.63, 3.8) is 0 Å². The highest BCUT2D eigenvalue weighted by molar-refractivity contribution is 14.1. The van der Waals surface area contributed by atoms with Crippen LogP contribution in [0, 0.1) is 17.4 Å². The number of nitrogens with two attached hydrogens (primary N) is 1. The maximum atomic E-state index is 6.04. The maximum absolute atomic E-state index is 6.04. The van der Waals surface area contributed by atoms with Crippen LogP contribution in [0.3, 0.4) is 0 Å². The van der Waals surface area contributed by atoms with Gasteiger partial charge in [-0.05, 0) is 43.4 Å². The highest BCUT2D eigenvalue weighted by atomic mass is 127. The largest absolute Gasteiger partial charge is 0.383 e. The van der Waals surface area contributed by atoms with Gasteiger partial charge in [0, 0.05) is 12.4 Å². The lowest BCUT2D eigenvalue weighted by Crippen LogP contribution is -2.14. The van der Waals surface area contributed by atoms with Crippen molar-refractivity contribution < 1.29 is 0 Å². The molecule has 5 nitrogen and oxygen atoms in total. The maximum Gasteiger partial charge on any atom is 0.136 e. The number of anilines is 1. The molecule has 0 aliphatic rings. The monoisotopic (exact) mass is 343 g/mol. The molecule has 0 saturated heterocycles. The van der Waals surface area contributed by atoms with Gasteiger partial charge in [0.25, 0.3) is 0 Å². The van der Waals surface area contributed by atoms with Crippen LogP contribution in [0.25, 0.3) is 0 Å². The minimum atomic E-state index is -0.00841. The highest BCUT2D eigenvalue weighted by Crippen LogP contribution is 2.25. The van der Waals surface area contributed by atoms with Gasteiger partial charge in [-0.1, -0.05) is 0 Å². The van der Waals surface area contributed by atoms with Crippen molar-refractivity contribution in [1.29, 1.82) is 0 Å². The molecule has 0 radical (unpaired) electrons.